The lowest BCUT2D eigenvalue weighted by Gasteiger charge is -2.18. The standard InChI is InChI=1S/C15H13ClN2O5S/c16-12-4-3-9(18(22)23)6-11(12)13(8-15(20)21)17-14(19)7-10-2-1-5-24-10/h1-6,13H,7-8H2,(H,17,19)(H,20,21). The average Bonchev–Trinajstić information content (AvgIpc) is 2.99. The summed E-state index contributed by atoms with van der Waals surface area (Å²) in [7, 11) is 0. The van der Waals surface area contributed by atoms with E-state index in [1.165, 1.54) is 29.5 Å². The average molecular weight is 369 g/mol. The van der Waals surface area contributed by atoms with Crippen molar-refractivity contribution in [2.24, 2.45) is 0 Å². The first-order chi connectivity index (χ1) is 11.4. The number of hydrogen-bond acceptors (Lipinski definition) is 5. The Hall–Kier alpha value is -2.45. The highest BCUT2D eigenvalue weighted by atomic mass is 35.5. The van der Waals surface area contributed by atoms with Crippen molar-refractivity contribution >= 4 is 40.5 Å². The number of nitrogens with zero attached hydrogens (tertiary/aromatic N) is 1. The number of nitrogens with one attached hydrogen (secondary N) is 1. The monoisotopic (exact) mass is 368 g/mol. The van der Waals surface area contributed by atoms with Crippen LogP contribution >= 0.6 is 22.9 Å². The van der Waals surface area contributed by atoms with Crippen molar-refractivity contribution in [2.45, 2.75) is 18.9 Å². The minimum Gasteiger partial charge on any atom is -0.481 e. The fourth-order valence-corrected chi connectivity index (χ4v) is 3.09. The van der Waals surface area contributed by atoms with Crippen molar-refractivity contribution in [1.82, 2.24) is 5.32 Å². The molecular formula is C15H13ClN2O5S. The van der Waals surface area contributed by atoms with Crippen LogP contribution in [0.25, 0.3) is 0 Å². The summed E-state index contributed by atoms with van der Waals surface area (Å²) >= 11 is 7.45. The lowest BCUT2D eigenvalue weighted by Crippen LogP contribution is -2.31. The van der Waals surface area contributed by atoms with Gasteiger partial charge in [0.25, 0.3) is 5.69 Å². The third-order valence-corrected chi connectivity index (χ3v) is 4.42. The van der Waals surface area contributed by atoms with Crippen LogP contribution in [0.1, 0.15) is 22.9 Å². The number of amides is 1. The zero-order chi connectivity index (χ0) is 17.7. The number of halogens is 1. The van der Waals surface area contributed by atoms with Gasteiger partial charge in [-0.15, -0.1) is 11.3 Å². The molecule has 0 aliphatic rings. The van der Waals surface area contributed by atoms with Crippen LogP contribution in [0.3, 0.4) is 0 Å². The number of nitro benzene ring substituents is 1. The molecule has 1 amide bonds. The van der Waals surface area contributed by atoms with Crippen molar-refractivity contribution in [3.05, 3.63) is 61.3 Å². The van der Waals surface area contributed by atoms with Gasteiger partial charge in [-0.05, 0) is 17.5 Å². The molecule has 9 heteroatoms. The molecule has 24 heavy (non-hydrogen) atoms. The molecule has 0 aliphatic heterocycles. The van der Waals surface area contributed by atoms with E-state index in [-0.39, 0.29) is 28.6 Å². The minimum atomic E-state index is -1.15. The largest absolute Gasteiger partial charge is 0.481 e. The summed E-state index contributed by atoms with van der Waals surface area (Å²) in [6.07, 6.45) is -0.336. The number of rotatable bonds is 7. The Morgan fingerprint density at radius 3 is 2.71 bits per heavy atom. The van der Waals surface area contributed by atoms with Gasteiger partial charge in [-0.1, -0.05) is 17.7 Å². The number of hydrogen-bond donors (Lipinski definition) is 2. The van der Waals surface area contributed by atoms with Crippen LogP contribution in [-0.4, -0.2) is 21.9 Å². The quantitative estimate of drug-likeness (QED) is 0.576. The van der Waals surface area contributed by atoms with Crippen molar-refractivity contribution in [3.8, 4) is 0 Å². The predicted octanol–water partition coefficient (Wildman–Crippen LogP) is 3.18. The molecule has 0 spiro atoms. The maximum absolute atomic E-state index is 12.1. The molecule has 1 heterocycles. The van der Waals surface area contributed by atoms with E-state index in [0.717, 1.165) is 4.88 Å². The van der Waals surface area contributed by atoms with Gasteiger partial charge < -0.3 is 10.4 Å². The van der Waals surface area contributed by atoms with E-state index in [9.17, 15) is 19.7 Å². The second-order valence-electron chi connectivity index (χ2n) is 4.94. The van der Waals surface area contributed by atoms with E-state index in [0.29, 0.717) is 0 Å². The summed E-state index contributed by atoms with van der Waals surface area (Å²) in [5.41, 5.74) is -0.0231. The van der Waals surface area contributed by atoms with Crippen LogP contribution in [0.5, 0.6) is 0 Å². The molecule has 0 aliphatic carbocycles. The molecule has 1 aromatic heterocycles. The van der Waals surface area contributed by atoms with Gasteiger partial charge in [-0.3, -0.25) is 19.7 Å². The topological polar surface area (TPSA) is 110 Å². The Balaban J connectivity index is 2.24. The number of aliphatic carboxylic acids is 1. The Labute approximate surface area is 146 Å². The van der Waals surface area contributed by atoms with Crippen LogP contribution in [0.15, 0.2) is 35.7 Å². The van der Waals surface area contributed by atoms with Gasteiger partial charge in [0.1, 0.15) is 0 Å². The fraction of sp³-hybridized carbons (Fsp3) is 0.200. The predicted molar refractivity (Wildman–Crippen MR) is 89.3 cm³/mol. The van der Waals surface area contributed by atoms with Gasteiger partial charge in [0.2, 0.25) is 5.91 Å². The highest BCUT2D eigenvalue weighted by molar-refractivity contribution is 7.10. The van der Waals surface area contributed by atoms with Crippen LogP contribution in [-0.2, 0) is 16.0 Å². The van der Waals surface area contributed by atoms with E-state index in [4.69, 9.17) is 16.7 Å². The third-order valence-electron chi connectivity index (χ3n) is 3.19. The van der Waals surface area contributed by atoms with E-state index < -0.39 is 23.4 Å². The molecule has 2 rings (SSSR count). The number of carboxylic acid groups (broad SMARTS) is 1. The molecule has 2 aromatic rings. The van der Waals surface area contributed by atoms with Crippen molar-refractivity contribution < 1.29 is 19.6 Å². The Bertz CT molecular complexity index is 763. The lowest BCUT2D eigenvalue weighted by atomic mass is 10.0. The first-order valence-electron chi connectivity index (χ1n) is 6.84. The second kappa shape index (κ2) is 7.89. The first-order valence-corrected chi connectivity index (χ1v) is 8.10. The van der Waals surface area contributed by atoms with Gasteiger partial charge in [0, 0.05) is 27.6 Å². The molecule has 0 saturated heterocycles. The van der Waals surface area contributed by atoms with Crippen LogP contribution in [0.2, 0.25) is 5.02 Å². The normalized spacial score (nSPS) is 11.7. The molecule has 0 saturated carbocycles. The third kappa shape index (κ3) is 4.77. The van der Waals surface area contributed by atoms with E-state index in [1.807, 2.05) is 5.38 Å². The maximum Gasteiger partial charge on any atom is 0.305 e. The fourth-order valence-electron chi connectivity index (χ4n) is 2.14. The van der Waals surface area contributed by atoms with Gasteiger partial charge in [-0.25, -0.2) is 0 Å². The van der Waals surface area contributed by atoms with Gasteiger partial charge in [-0.2, -0.15) is 0 Å². The molecule has 0 bridgehead atoms. The molecule has 1 unspecified atom stereocenters. The number of thiophene rings is 1. The number of non-ortho nitro benzene ring substituents is 1. The van der Waals surface area contributed by atoms with E-state index in [1.54, 1.807) is 12.1 Å². The zero-order valence-corrected chi connectivity index (χ0v) is 13.8. The minimum absolute atomic E-state index is 0.0976. The summed E-state index contributed by atoms with van der Waals surface area (Å²) in [4.78, 5) is 34.3. The molecular weight excluding hydrogens is 356 g/mol. The summed E-state index contributed by atoms with van der Waals surface area (Å²) in [6, 6.07) is 6.35. The number of carboxylic acids is 1. The van der Waals surface area contributed by atoms with Crippen molar-refractivity contribution in [2.75, 3.05) is 0 Å². The van der Waals surface area contributed by atoms with Crippen LogP contribution < -0.4 is 5.32 Å². The Kier molecular flexibility index (Phi) is 5.88. The molecule has 1 atom stereocenters. The number of nitro groups is 1. The number of carbonyl (C=O) groups is 2. The van der Waals surface area contributed by atoms with Gasteiger partial charge in [0.05, 0.1) is 23.8 Å². The SMILES string of the molecule is O=C(O)CC(NC(=O)Cc1cccs1)c1cc([N+](=O)[O-])ccc1Cl. The summed E-state index contributed by atoms with van der Waals surface area (Å²) in [5, 5.41) is 24.5. The molecule has 0 fully saturated rings. The van der Waals surface area contributed by atoms with Crippen molar-refractivity contribution in [3.63, 3.8) is 0 Å². The molecule has 126 valence electrons. The maximum atomic E-state index is 12.1. The lowest BCUT2D eigenvalue weighted by molar-refractivity contribution is -0.384. The van der Waals surface area contributed by atoms with Crippen LogP contribution in [0, 0.1) is 10.1 Å². The zero-order valence-electron chi connectivity index (χ0n) is 12.3. The highest BCUT2D eigenvalue weighted by Crippen LogP contribution is 2.29. The smallest absolute Gasteiger partial charge is 0.305 e. The molecule has 7 nitrogen and oxygen atoms in total. The summed E-state index contributed by atoms with van der Waals surface area (Å²) in [5.74, 6) is -1.54. The molecule has 0 radical (unpaired) electrons. The van der Waals surface area contributed by atoms with Gasteiger partial charge in [0.15, 0.2) is 0 Å². The first kappa shape index (κ1) is 17.9. The molecule has 1 aromatic carbocycles. The highest BCUT2D eigenvalue weighted by Gasteiger charge is 2.23. The Morgan fingerprint density at radius 1 is 1.38 bits per heavy atom. The van der Waals surface area contributed by atoms with Crippen molar-refractivity contribution in [1.29, 1.82) is 0 Å². The van der Waals surface area contributed by atoms with Crippen LogP contribution in [0.4, 0.5) is 5.69 Å². The number of benzene rings is 1. The van der Waals surface area contributed by atoms with Gasteiger partial charge >= 0.3 is 5.97 Å². The molecule has 2 N–H and O–H groups in total. The summed E-state index contributed by atoms with van der Waals surface area (Å²) in [6.45, 7) is 0. The van der Waals surface area contributed by atoms with E-state index in [2.05, 4.69) is 5.32 Å². The Morgan fingerprint density at radius 2 is 2.12 bits per heavy atom. The second-order valence-corrected chi connectivity index (χ2v) is 6.38. The number of carbonyl (C=O) groups excluding carboxylic acids is 1. The summed E-state index contributed by atoms with van der Waals surface area (Å²) < 4.78 is 0. The van der Waals surface area contributed by atoms with E-state index >= 15 is 0 Å².